The lowest BCUT2D eigenvalue weighted by atomic mass is 10.00. The van der Waals surface area contributed by atoms with E-state index in [0.29, 0.717) is 5.56 Å². The fourth-order valence-corrected chi connectivity index (χ4v) is 2.30. The number of ether oxygens (including phenoxy) is 3. The van der Waals surface area contributed by atoms with Crippen LogP contribution >= 0.6 is 0 Å². The second-order valence-electron chi connectivity index (χ2n) is 4.48. The summed E-state index contributed by atoms with van der Waals surface area (Å²) in [4.78, 5) is 15.0. The van der Waals surface area contributed by atoms with Crippen molar-refractivity contribution in [1.82, 2.24) is 4.98 Å². The van der Waals surface area contributed by atoms with Gasteiger partial charge in [0.05, 0.1) is 5.52 Å². The number of aromatic nitrogens is 1. The Bertz CT molecular complexity index is 639. The molecule has 0 aliphatic rings. The van der Waals surface area contributed by atoms with Crippen LogP contribution in [0.2, 0.25) is 0 Å². The SMILES string of the molecule is COC(OC)(OC=O)C(O)c1cnc2ccccc2c1C. The van der Waals surface area contributed by atoms with Gasteiger partial charge in [-0.05, 0) is 18.6 Å². The van der Waals surface area contributed by atoms with Gasteiger partial charge in [0.1, 0.15) is 0 Å². The highest BCUT2D eigenvalue weighted by Crippen LogP contribution is 2.34. The first-order valence-corrected chi connectivity index (χ1v) is 6.33. The van der Waals surface area contributed by atoms with Crippen LogP contribution in [0.1, 0.15) is 17.2 Å². The van der Waals surface area contributed by atoms with Crippen LogP contribution in [-0.2, 0) is 19.0 Å². The number of aliphatic hydroxyl groups excluding tert-OH is 1. The Hall–Kier alpha value is -2.02. The molecular weight excluding hydrogens is 274 g/mol. The third-order valence-corrected chi connectivity index (χ3v) is 3.49. The van der Waals surface area contributed by atoms with Crippen molar-refractivity contribution in [2.75, 3.05) is 14.2 Å². The van der Waals surface area contributed by atoms with Crippen molar-refractivity contribution in [3.05, 3.63) is 41.6 Å². The van der Waals surface area contributed by atoms with Crippen molar-refractivity contribution >= 4 is 17.4 Å². The Labute approximate surface area is 122 Å². The molecule has 1 atom stereocenters. The third-order valence-electron chi connectivity index (χ3n) is 3.49. The van der Waals surface area contributed by atoms with Crippen LogP contribution in [0, 0.1) is 6.92 Å². The molecule has 0 aliphatic carbocycles. The summed E-state index contributed by atoms with van der Waals surface area (Å²) in [6.07, 6.45) is 0.179. The maximum Gasteiger partial charge on any atom is 0.360 e. The number of aliphatic hydroxyl groups is 1. The molecule has 1 aromatic carbocycles. The lowest BCUT2D eigenvalue weighted by Gasteiger charge is -2.33. The number of fused-ring (bicyclic) bond motifs is 1. The lowest BCUT2D eigenvalue weighted by molar-refractivity contribution is -0.378. The minimum Gasteiger partial charge on any atom is -0.408 e. The summed E-state index contributed by atoms with van der Waals surface area (Å²) >= 11 is 0. The Balaban J connectivity index is 2.54. The van der Waals surface area contributed by atoms with E-state index in [1.165, 1.54) is 20.4 Å². The molecule has 1 heterocycles. The zero-order valence-corrected chi connectivity index (χ0v) is 12.1. The molecule has 1 N–H and O–H groups in total. The molecule has 0 spiro atoms. The molecule has 2 rings (SSSR count). The number of carbonyl (C=O) groups is 1. The van der Waals surface area contributed by atoms with Crippen LogP contribution in [0.5, 0.6) is 0 Å². The molecule has 6 nitrogen and oxygen atoms in total. The molecular formula is C15H17NO5. The van der Waals surface area contributed by atoms with E-state index in [9.17, 15) is 9.90 Å². The molecule has 112 valence electrons. The molecule has 1 unspecified atom stereocenters. The highest BCUT2D eigenvalue weighted by molar-refractivity contribution is 5.82. The zero-order chi connectivity index (χ0) is 15.5. The third kappa shape index (κ3) is 2.61. The van der Waals surface area contributed by atoms with E-state index in [1.807, 2.05) is 31.2 Å². The van der Waals surface area contributed by atoms with Crippen LogP contribution in [0.4, 0.5) is 0 Å². The molecule has 2 aromatic rings. The number of carbonyl (C=O) groups excluding carboxylic acids is 1. The van der Waals surface area contributed by atoms with E-state index in [-0.39, 0.29) is 6.47 Å². The predicted octanol–water partition coefficient (Wildman–Crippen LogP) is 1.70. The molecule has 0 radical (unpaired) electrons. The van der Waals surface area contributed by atoms with Crippen LogP contribution in [0.15, 0.2) is 30.5 Å². The normalized spacial score (nSPS) is 13.1. The largest absolute Gasteiger partial charge is 0.408 e. The summed E-state index contributed by atoms with van der Waals surface area (Å²) in [5.74, 6) is -1.91. The van der Waals surface area contributed by atoms with Gasteiger partial charge in [0.2, 0.25) is 0 Å². The molecule has 0 amide bonds. The summed E-state index contributed by atoms with van der Waals surface area (Å²) in [6, 6.07) is 7.54. The maximum absolute atomic E-state index is 10.7. The monoisotopic (exact) mass is 291 g/mol. The van der Waals surface area contributed by atoms with Gasteiger partial charge < -0.3 is 19.3 Å². The van der Waals surface area contributed by atoms with Crippen LogP contribution in [0.3, 0.4) is 0 Å². The smallest absolute Gasteiger partial charge is 0.360 e. The van der Waals surface area contributed by atoms with Gasteiger partial charge in [-0.2, -0.15) is 0 Å². The first-order valence-electron chi connectivity index (χ1n) is 6.33. The van der Waals surface area contributed by atoms with Crippen LogP contribution in [0.25, 0.3) is 10.9 Å². The summed E-state index contributed by atoms with van der Waals surface area (Å²) in [5.41, 5.74) is 2.07. The Morgan fingerprint density at radius 2 is 1.95 bits per heavy atom. The Morgan fingerprint density at radius 1 is 1.29 bits per heavy atom. The molecule has 0 saturated heterocycles. The molecule has 0 aliphatic heterocycles. The first-order chi connectivity index (χ1) is 10.1. The van der Waals surface area contributed by atoms with E-state index in [1.54, 1.807) is 0 Å². The molecule has 0 fully saturated rings. The highest BCUT2D eigenvalue weighted by Gasteiger charge is 2.43. The van der Waals surface area contributed by atoms with Gasteiger partial charge in [0.25, 0.3) is 6.47 Å². The molecule has 1 aromatic heterocycles. The van der Waals surface area contributed by atoms with Gasteiger partial charge in [-0.1, -0.05) is 18.2 Å². The van der Waals surface area contributed by atoms with Crippen molar-refractivity contribution in [3.8, 4) is 0 Å². The van der Waals surface area contributed by atoms with Gasteiger partial charge in [0.15, 0.2) is 6.10 Å². The van der Waals surface area contributed by atoms with E-state index in [4.69, 9.17) is 14.2 Å². The van der Waals surface area contributed by atoms with E-state index < -0.39 is 12.1 Å². The standard InChI is InChI=1S/C15H17NO5/c1-10-11-6-4-5-7-13(11)16-8-12(10)14(18)15(19-2,20-3)21-9-17/h4-9,14,18H,1-3H3. The maximum atomic E-state index is 10.7. The topological polar surface area (TPSA) is 77.9 Å². The molecule has 21 heavy (non-hydrogen) atoms. The minimum atomic E-state index is -1.91. The first kappa shape index (κ1) is 15.4. The van der Waals surface area contributed by atoms with Crippen LogP contribution < -0.4 is 0 Å². The zero-order valence-electron chi connectivity index (χ0n) is 12.1. The highest BCUT2D eigenvalue weighted by atomic mass is 16.9. The van der Waals surface area contributed by atoms with Gasteiger partial charge in [-0.3, -0.25) is 9.78 Å². The number of nitrogens with zero attached hydrogens (tertiary/aromatic N) is 1. The number of methoxy groups -OCH3 is 2. The second kappa shape index (κ2) is 6.17. The fraction of sp³-hybridized carbons (Fsp3) is 0.333. The summed E-state index contributed by atoms with van der Waals surface area (Å²) < 4.78 is 14.9. The van der Waals surface area contributed by atoms with E-state index >= 15 is 0 Å². The van der Waals surface area contributed by atoms with Gasteiger partial charge in [-0.15, -0.1) is 0 Å². The predicted molar refractivity (Wildman–Crippen MR) is 75.3 cm³/mol. The quantitative estimate of drug-likeness (QED) is 0.644. The molecule has 6 heteroatoms. The summed E-state index contributed by atoms with van der Waals surface area (Å²) in [5, 5.41) is 11.4. The van der Waals surface area contributed by atoms with E-state index in [0.717, 1.165) is 16.5 Å². The average molecular weight is 291 g/mol. The number of para-hydroxylation sites is 1. The number of hydrogen-bond donors (Lipinski definition) is 1. The average Bonchev–Trinajstić information content (AvgIpc) is 2.53. The second-order valence-corrected chi connectivity index (χ2v) is 4.48. The van der Waals surface area contributed by atoms with Crippen molar-refractivity contribution in [2.24, 2.45) is 0 Å². The molecule has 0 saturated carbocycles. The lowest BCUT2D eigenvalue weighted by Crippen LogP contribution is -2.43. The number of hydrogen-bond acceptors (Lipinski definition) is 6. The fourth-order valence-electron chi connectivity index (χ4n) is 2.30. The summed E-state index contributed by atoms with van der Waals surface area (Å²) in [6.45, 7) is 2.01. The van der Waals surface area contributed by atoms with Crippen LogP contribution in [-0.4, -0.2) is 36.8 Å². The van der Waals surface area contributed by atoms with E-state index in [2.05, 4.69) is 4.98 Å². The number of benzene rings is 1. The van der Waals surface area contributed by atoms with Gasteiger partial charge in [-0.25, -0.2) is 0 Å². The van der Waals surface area contributed by atoms with Crippen molar-refractivity contribution < 1.29 is 24.1 Å². The Morgan fingerprint density at radius 3 is 2.57 bits per heavy atom. The van der Waals surface area contributed by atoms with Crippen molar-refractivity contribution in [3.63, 3.8) is 0 Å². The number of rotatable bonds is 6. The molecule has 0 bridgehead atoms. The van der Waals surface area contributed by atoms with Gasteiger partial charge >= 0.3 is 5.97 Å². The summed E-state index contributed by atoms with van der Waals surface area (Å²) in [7, 11) is 2.56. The number of aryl methyl sites for hydroxylation is 1. The Kier molecular flexibility index (Phi) is 4.52. The van der Waals surface area contributed by atoms with Gasteiger partial charge in [0, 0.05) is 31.4 Å². The minimum absolute atomic E-state index is 0.167. The number of pyridine rings is 1. The van der Waals surface area contributed by atoms with Crippen molar-refractivity contribution in [1.29, 1.82) is 0 Å². The van der Waals surface area contributed by atoms with Crippen molar-refractivity contribution in [2.45, 2.75) is 19.0 Å².